The van der Waals surface area contributed by atoms with Crippen molar-refractivity contribution in [2.24, 2.45) is 0 Å². The van der Waals surface area contributed by atoms with Gasteiger partial charge in [-0.1, -0.05) is 78.9 Å². The lowest BCUT2D eigenvalue weighted by molar-refractivity contribution is 0.669. The molecule has 0 saturated carbocycles. The van der Waals surface area contributed by atoms with Crippen molar-refractivity contribution in [2.45, 2.75) is 0 Å². The normalized spacial score (nSPS) is 11.6. The van der Waals surface area contributed by atoms with Crippen molar-refractivity contribution in [3.05, 3.63) is 163 Å². The molecule has 10 aromatic rings. The molecule has 0 spiro atoms. The molecule has 0 aliphatic carbocycles. The first-order valence-electron chi connectivity index (χ1n) is 16.1. The molecule has 0 saturated heterocycles. The molecule has 0 amide bonds. The number of benzene rings is 7. The molecule has 10 rings (SSSR count). The Morgan fingerprint density at radius 1 is 0.510 bits per heavy atom. The Labute approximate surface area is 280 Å². The summed E-state index contributed by atoms with van der Waals surface area (Å²) in [4.78, 5) is 3.80. The lowest BCUT2D eigenvalue weighted by Crippen LogP contribution is -2.01. The summed E-state index contributed by atoms with van der Waals surface area (Å²) in [5, 5.41) is 16.1. The van der Waals surface area contributed by atoms with Crippen LogP contribution in [0.5, 0.6) is 0 Å². The van der Waals surface area contributed by atoms with Gasteiger partial charge in [0, 0.05) is 38.1 Å². The summed E-state index contributed by atoms with van der Waals surface area (Å²) in [5.41, 5.74) is 11.3. The number of fused-ring (bicyclic) bond motifs is 10. The highest BCUT2D eigenvalue weighted by atomic mass is 16.3. The number of hydrogen-bond donors (Lipinski definition) is 0. The van der Waals surface area contributed by atoms with Crippen LogP contribution in [-0.2, 0) is 0 Å². The van der Waals surface area contributed by atoms with E-state index in [1.807, 2.05) is 48.5 Å². The fourth-order valence-corrected chi connectivity index (χ4v) is 7.74. The molecule has 7 aromatic carbocycles. The Kier molecular flexibility index (Phi) is 5.64. The molecular formula is C44H24N4O. The van der Waals surface area contributed by atoms with Crippen LogP contribution in [0.15, 0.2) is 150 Å². The molecular weight excluding hydrogens is 601 g/mol. The predicted molar refractivity (Wildman–Crippen MR) is 199 cm³/mol. The van der Waals surface area contributed by atoms with E-state index in [-0.39, 0.29) is 0 Å². The summed E-state index contributed by atoms with van der Waals surface area (Å²) in [6.45, 7) is 7.82. The number of rotatable bonds is 3. The van der Waals surface area contributed by atoms with Crippen molar-refractivity contribution in [2.75, 3.05) is 0 Å². The molecule has 3 aromatic heterocycles. The molecule has 0 bridgehead atoms. The molecule has 5 nitrogen and oxygen atoms in total. The van der Waals surface area contributed by atoms with Crippen LogP contribution in [-0.4, -0.2) is 9.13 Å². The van der Waals surface area contributed by atoms with Gasteiger partial charge in [-0.2, -0.15) is 5.26 Å². The summed E-state index contributed by atoms with van der Waals surface area (Å²) in [6.07, 6.45) is 0. The maximum atomic E-state index is 9.71. The average Bonchev–Trinajstić information content (AvgIpc) is 3.81. The topological polar surface area (TPSA) is 51.1 Å². The average molecular weight is 625 g/mol. The Morgan fingerprint density at radius 3 is 1.90 bits per heavy atom. The number of aromatic nitrogens is 2. The van der Waals surface area contributed by atoms with Crippen molar-refractivity contribution >= 4 is 71.2 Å². The van der Waals surface area contributed by atoms with Crippen molar-refractivity contribution in [3.63, 3.8) is 0 Å². The highest BCUT2D eigenvalue weighted by Gasteiger charge is 2.22. The molecule has 0 fully saturated rings. The van der Waals surface area contributed by atoms with Crippen LogP contribution in [0.1, 0.15) is 5.56 Å². The quantitative estimate of drug-likeness (QED) is 0.184. The van der Waals surface area contributed by atoms with Gasteiger partial charge < -0.3 is 13.6 Å². The molecule has 0 N–H and O–H groups in total. The van der Waals surface area contributed by atoms with Gasteiger partial charge in [-0.05, 0) is 72.1 Å². The minimum absolute atomic E-state index is 0.598. The summed E-state index contributed by atoms with van der Waals surface area (Å²) in [7, 11) is 0. The summed E-state index contributed by atoms with van der Waals surface area (Å²) in [5.74, 6) is 0. The maximum Gasteiger partial charge on any atom is 0.188 e. The van der Waals surface area contributed by atoms with E-state index in [0.717, 1.165) is 88.1 Å². The van der Waals surface area contributed by atoms with Crippen LogP contribution < -0.4 is 0 Å². The van der Waals surface area contributed by atoms with Gasteiger partial charge in [0.2, 0.25) is 0 Å². The second-order valence-corrected chi connectivity index (χ2v) is 12.3. The van der Waals surface area contributed by atoms with Gasteiger partial charge in [-0.25, -0.2) is 4.85 Å². The molecule has 49 heavy (non-hydrogen) atoms. The van der Waals surface area contributed by atoms with Crippen LogP contribution in [0.25, 0.3) is 92.9 Å². The van der Waals surface area contributed by atoms with Crippen molar-refractivity contribution in [1.82, 2.24) is 9.13 Å². The van der Waals surface area contributed by atoms with Gasteiger partial charge in [-0.15, -0.1) is 0 Å². The van der Waals surface area contributed by atoms with E-state index in [1.165, 1.54) is 0 Å². The first-order valence-corrected chi connectivity index (χ1v) is 16.1. The van der Waals surface area contributed by atoms with Crippen molar-refractivity contribution in [3.8, 4) is 28.6 Å². The lowest BCUT2D eigenvalue weighted by Gasteiger charge is -2.18. The molecule has 0 aliphatic heterocycles. The van der Waals surface area contributed by atoms with Gasteiger partial charge in [0.25, 0.3) is 0 Å². The minimum atomic E-state index is 0.598. The predicted octanol–water partition coefficient (Wildman–Crippen LogP) is 11.9. The third-order valence-corrected chi connectivity index (χ3v) is 9.76. The SMILES string of the molecule is [C-]#[N+]c1ccc2c(c1)c1c3c(ccc1n2-c1ccccc1-c1ccccc1-n1c2ccccc2c2cc(C#N)ccc21)oc1ccccc13. The zero-order valence-corrected chi connectivity index (χ0v) is 26.1. The standard InChI is InChI=1S/C44H24N4O/c1-46-28-19-21-39-34(25-28)43-40(22-23-42-44(43)32-13-5-9-17-41(32)49-42)48(39)36-15-7-3-11-30(36)29-10-2-6-14-35(29)47-37-16-8-4-12-31(37)33-24-27(26-45)18-20-38(33)47/h2-25H. The van der Waals surface area contributed by atoms with Crippen molar-refractivity contribution in [1.29, 1.82) is 5.26 Å². The Morgan fingerprint density at radius 2 is 1.12 bits per heavy atom. The van der Waals surface area contributed by atoms with Gasteiger partial charge in [0.15, 0.2) is 5.69 Å². The minimum Gasteiger partial charge on any atom is -0.456 e. The van der Waals surface area contributed by atoms with E-state index in [2.05, 4.69) is 117 Å². The van der Waals surface area contributed by atoms with E-state index in [9.17, 15) is 5.26 Å². The second kappa shape index (κ2) is 10.2. The Balaban J connectivity index is 1.31. The van der Waals surface area contributed by atoms with Crippen LogP contribution >= 0.6 is 0 Å². The van der Waals surface area contributed by atoms with Gasteiger partial charge >= 0.3 is 0 Å². The smallest absolute Gasteiger partial charge is 0.188 e. The van der Waals surface area contributed by atoms with E-state index in [4.69, 9.17) is 11.0 Å². The molecule has 0 aliphatic rings. The molecule has 226 valence electrons. The third kappa shape index (κ3) is 3.79. The Bertz CT molecular complexity index is 3090. The van der Waals surface area contributed by atoms with Crippen LogP contribution in [0, 0.1) is 17.9 Å². The van der Waals surface area contributed by atoms with E-state index in [0.29, 0.717) is 11.3 Å². The number of hydrogen-bond acceptors (Lipinski definition) is 2. The first-order chi connectivity index (χ1) is 24.2. The van der Waals surface area contributed by atoms with Crippen LogP contribution in [0.2, 0.25) is 0 Å². The zero-order chi connectivity index (χ0) is 32.6. The number of furan rings is 1. The molecule has 0 unspecified atom stereocenters. The first kappa shape index (κ1) is 27.1. The van der Waals surface area contributed by atoms with Gasteiger partial charge in [0.1, 0.15) is 11.2 Å². The highest BCUT2D eigenvalue weighted by molar-refractivity contribution is 6.27. The summed E-state index contributed by atoms with van der Waals surface area (Å²) >= 11 is 0. The second-order valence-electron chi connectivity index (χ2n) is 12.3. The van der Waals surface area contributed by atoms with Gasteiger partial charge in [-0.3, -0.25) is 0 Å². The largest absolute Gasteiger partial charge is 0.456 e. The Hall–Kier alpha value is -7.08. The van der Waals surface area contributed by atoms with E-state index >= 15 is 0 Å². The third-order valence-electron chi connectivity index (χ3n) is 9.76. The molecule has 5 heteroatoms. The maximum absolute atomic E-state index is 9.71. The molecule has 0 atom stereocenters. The summed E-state index contributed by atoms with van der Waals surface area (Å²) < 4.78 is 11.0. The highest BCUT2D eigenvalue weighted by Crippen LogP contribution is 2.44. The zero-order valence-electron chi connectivity index (χ0n) is 26.1. The monoisotopic (exact) mass is 624 g/mol. The van der Waals surface area contributed by atoms with Crippen LogP contribution in [0.4, 0.5) is 5.69 Å². The number of nitrogens with zero attached hydrogens (tertiary/aromatic N) is 4. The lowest BCUT2D eigenvalue weighted by atomic mass is 10.0. The number of nitriles is 1. The van der Waals surface area contributed by atoms with E-state index in [1.54, 1.807) is 0 Å². The fourth-order valence-electron chi connectivity index (χ4n) is 7.74. The van der Waals surface area contributed by atoms with E-state index < -0.39 is 0 Å². The molecule has 0 radical (unpaired) electrons. The van der Waals surface area contributed by atoms with Crippen molar-refractivity contribution < 1.29 is 4.42 Å². The molecule has 3 heterocycles. The van der Waals surface area contributed by atoms with Crippen LogP contribution in [0.3, 0.4) is 0 Å². The number of para-hydroxylation sites is 4. The fraction of sp³-hybridized carbons (Fsp3) is 0. The summed E-state index contributed by atoms with van der Waals surface area (Å²) in [6, 6.07) is 52.0. The van der Waals surface area contributed by atoms with Gasteiger partial charge in [0.05, 0.1) is 51.6 Å².